The van der Waals surface area contributed by atoms with Gasteiger partial charge in [-0.05, 0) is 35.9 Å². The van der Waals surface area contributed by atoms with Crippen LogP contribution in [0, 0.1) is 11.3 Å². The molecule has 34 heavy (non-hydrogen) atoms. The van der Waals surface area contributed by atoms with Crippen LogP contribution in [0.25, 0.3) is 10.1 Å². The van der Waals surface area contributed by atoms with E-state index in [2.05, 4.69) is 22.0 Å². The average molecular weight is 572 g/mol. The molecule has 0 saturated heterocycles. The molecule has 0 fully saturated rings. The molecule has 0 bridgehead atoms. The summed E-state index contributed by atoms with van der Waals surface area (Å²) in [5, 5.41) is 11.1. The van der Waals surface area contributed by atoms with Gasteiger partial charge in [0.1, 0.15) is 28.0 Å². The zero-order valence-corrected chi connectivity index (χ0v) is 21.1. The number of esters is 1. The Kier molecular flexibility index (Phi) is 6.00. The summed E-state index contributed by atoms with van der Waals surface area (Å²) in [6, 6.07) is 20.1. The van der Waals surface area contributed by atoms with Gasteiger partial charge in [0.15, 0.2) is 0 Å². The third kappa shape index (κ3) is 3.93. The number of nitriles is 1. The van der Waals surface area contributed by atoms with Crippen LogP contribution in [-0.4, -0.2) is 5.97 Å². The molecule has 3 aromatic carbocycles. The normalized spacial score (nSPS) is 14.9. The van der Waals surface area contributed by atoms with E-state index < -0.39 is 11.9 Å². The van der Waals surface area contributed by atoms with E-state index in [0.29, 0.717) is 21.7 Å². The lowest BCUT2D eigenvalue weighted by Crippen LogP contribution is -2.21. The summed E-state index contributed by atoms with van der Waals surface area (Å²) in [4.78, 5) is 13.2. The molecule has 0 aliphatic carbocycles. The summed E-state index contributed by atoms with van der Waals surface area (Å²) in [6.45, 7) is 0. The lowest BCUT2D eigenvalue weighted by atomic mass is 9.83. The molecule has 1 aromatic heterocycles. The number of carbonyl (C=O) groups excluding carboxylic acids is 1. The number of benzene rings is 3. The van der Waals surface area contributed by atoms with Crippen LogP contribution in [0.5, 0.6) is 11.5 Å². The van der Waals surface area contributed by atoms with Gasteiger partial charge in [0.2, 0.25) is 5.88 Å². The van der Waals surface area contributed by atoms with Crippen molar-refractivity contribution in [2.75, 3.05) is 0 Å². The minimum Gasteiger partial charge on any atom is -0.440 e. The fourth-order valence-corrected chi connectivity index (χ4v) is 5.94. The SMILES string of the molecule is N#CC1=C(N)Oc2cc(OC(=O)c3sc4cccc(Cl)c4c3Cl)ccc2C1c1ccc(Br)cc1. The molecular formula is C25H13BrCl2N2O3S. The first-order valence-corrected chi connectivity index (χ1v) is 12.3. The van der Waals surface area contributed by atoms with Crippen LogP contribution in [0.3, 0.4) is 0 Å². The van der Waals surface area contributed by atoms with E-state index >= 15 is 0 Å². The number of halogens is 3. The third-order valence-corrected chi connectivity index (χ3v) is 7.86. The molecule has 1 atom stereocenters. The van der Waals surface area contributed by atoms with Crippen LogP contribution in [-0.2, 0) is 0 Å². The maximum absolute atomic E-state index is 12.9. The van der Waals surface area contributed by atoms with Crippen molar-refractivity contribution in [2.45, 2.75) is 5.92 Å². The van der Waals surface area contributed by atoms with Crippen molar-refractivity contribution >= 4 is 66.5 Å². The van der Waals surface area contributed by atoms with Crippen molar-refractivity contribution in [1.82, 2.24) is 0 Å². The second kappa shape index (κ2) is 8.97. The monoisotopic (exact) mass is 570 g/mol. The van der Waals surface area contributed by atoms with Crippen molar-refractivity contribution in [1.29, 1.82) is 5.26 Å². The van der Waals surface area contributed by atoms with E-state index in [4.69, 9.17) is 38.4 Å². The first-order chi connectivity index (χ1) is 16.4. The Morgan fingerprint density at radius 2 is 1.91 bits per heavy atom. The third-order valence-electron chi connectivity index (χ3n) is 5.40. The number of carbonyl (C=O) groups is 1. The molecule has 5 nitrogen and oxygen atoms in total. The minimum atomic E-state index is -0.608. The van der Waals surface area contributed by atoms with E-state index in [1.807, 2.05) is 30.3 Å². The zero-order chi connectivity index (χ0) is 24.0. The van der Waals surface area contributed by atoms with Crippen molar-refractivity contribution in [3.63, 3.8) is 0 Å². The highest BCUT2D eigenvalue weighted by atomic mass is 79.9. The summed E-state index contributed by atoms with van der Waals surface area (Å²) < 4.78 is 13.0. The number of thiophene rings is 1. The molecule has 0 amide bonds. The van der Waals surface area contributed by atoms with Gasteiger partial charge in [-0.25, -0.2) is 4.79 Å². The van der Waals surface area contributed by atoms with Gasteiger partial charge in [0.25, 0.3) is 0 Å². The lowest BCUT2D eigenvalue weighted by molar-refractivity contribution is 0.0740. The number of hydrogen-bond acceptors (Lipinski definition) is 6. The maximum Gasteiger partial charge on any atom is 0.355 e. The highest BCUT2D eigenvalue weighted by Gasteiger charge is 2.31. The van der Waals surface area contributed by atoms with Gasteiger partial charge < -0.3 is 15.2 Å². The van der Waals surface area contributed by atoms with Crippen LogP contribution in [0.1, 0.15) is 26.7 Å². The lowest BCUT2D eigenvalue weighted by Gasteiger charge is -2.26. The average Bonchev–Trinajstić information content (AvgIpc) is 3.16. The summed E-state index contributed by atoms with van der Waals surface area (Å²) in [5.74, 6) is -0.352. The quantitative estimate of drug-likeness (QED) is 0.204. The van der Waals surface area contributed by atoms with E-state index in [1.54, 1.807) is 30.3 Å². The summed E-state index contributed by atoms with van der Waals surface area (Å²) in [6.07, 6.45) is 0. The highest BCUT2D eigenvalue weighted by Crippen LogP contribution is 2.44. The van der Waals surface area contributed by atoms with Gasteiger partial charge in [0.05, 0.1) is 16.0 Å². The Bertz CT molecular complexity index is 1540. The summed E-state index contributed by atoms with van der Waals surface area (Å²) in [7, 11) is 0. The Hall–Kier alpha value is -3.02. The van der Waals surface area contributed by atoms with Crippen LogP contribution in [0.2, 0.25) is 10.0 Å². The number of ether oxygens (including phenoxy) is 2. The second-order valence-electron chi connectivity index (χ2n) is 7.42. The number of rotatable bonds is 3. The molecular weight excluding hydrogens is 559 g/mol. The van der Waals surface area contributed by atoms with Crippen molar-refractivity contribution in [3.8, 4) is 17.6 Å². The molecule has 1 aliphatic rings. The van der Waals surface area contributed by atoms with Gasteiger partial charge in [-0.3, -0.25) is 0 Å². The van der Waals surface area contributed by atoms with E-state index in [0.717, 1.165) is 20.3 Å². The molecule has 5 rings (SSSR count). The van der Waals surface area contributed by atoms with Gasteiger partial charge >= 0.3 is 5.97 Å². The standard InChI is InChI=1S/C25H13BrCl2N2O3S/c26-13-6-4-12(5-7-13)20-15-9-8-14(10-18(15)33-24(30)16(20)11-29)32-25(31)23-22(28)21-17(27)2-1-3-19(21)34-23/h1-10,20H,30H2. The van der Waals surface area contributed by atoms with E-state index in [-0.39, 0.29) is 21.5 Å². The Morgan fingerprint density at radius 3 is 2.62 bits per heavy atom. The number of nitrogens with zero attached hydrogens (tertiary/aromatic N) is 1. The molecule has 0 radical (unpaired) electrons. The van der Waals surface area contributed by atoms with Crippen molar-refractivity contribution < 1.29 is 14.3 Å². The Labute approximate surface area is 217 Å². The first kappa shape index (κ1) is 22.8. The second-order valence-corrected chi connectivity index (χ2v) is 10.2. The zero-order valence-electron chi connectivity index (χ0n) is 17.1. The van der Waals surface area contributed by atoms with Gasteiger partial charge in [-0.2, -0.15) is 5.26 Å². The number of allylic oxidation sites excluding steroid dienone is 1. The summed E-state index contributed by atoms with van der Waals surface area (Å²) >= 11 is 17.3. The number of fused-ring (bicyclic) bond motifs is 2. The predicted molar refractivity (Wildman–Crippen MR) is 137 cm³/mol. The van der Waals surface area contributed by atoms with E-state index in [1.165, 1.54) is 11.3 Å². The molecule has 2 heterocycles. The van der Waals surface area contributed by atoms with Gasteiger partial charge in [-0.15, -0.1) is 11.3 Å². The Morgan fingerprint density at radius 1 is 1.15 bits per heavy atom. The molecule has 168 valence electrons. The predicted octanol–water partition coefficient (Wildman–Crippen LogP) is 7.41. The van der Waals surface area contributed by atoms with Gasteiger partial charge in [-0.1, -0.05) is 63.4 Å². The van der Waals surface area contributed by atoms with Crippen LogP contribution in [0.15, 0.2) is 76.6 Å². The van der Waals surface area contributed by atoms with Crippen molar-refractivity contribution in [2.24, 2.45) is 5.73 Å². The molecule has 0 spiro atoms. The summed E-state index contributed by atoms with van der Waals surface area (Å²) in [5.41, 5.74) is 8.00. The molecule has 1 aliphatic heterocycles. The molecule has 0 saturated carbocycles. The minimum absolute atomic E-state index is 0.00795. The highest BCUT2D eigenvalue weighted by molar-refractivity contribution is 9.10. The maximum atomic E-state index is 12.9. The fourth-order valence-electron chi connectivity index (χ4n) is 3.85. The molecule has 9 heteroatoms. The number of nitrogens with two attached hydrogens (primary N) is 1. The molecule has 1 unspecified atom stereocenters. The smallest absolute Gasteiger partial charge is 0.355 e. The van der Waals surface area contributed by atoms with Crippen LogP contribution >= 0.6 is 50.5 Å². The van der Waals surface area contributed by atoms with Gasteiger partial charge in [0, 0.05) is 26.2 Å². The number of hydrogen-bond donors (Lipinski definition) is 1. The van der Waals surface area contributed by atoms with Crippen molar-refractivity contribution in [3.05, 3.63) is 103 Å². The molecule has 2 N–H and O–H groups in total. The molecule has 4 aromatic rings. The van der Waals surface area contributed by atoms with Crippen LogP contribution in [0.4, 0.5) is 0 Å². The van der Waals surface area contributed by atoms with E-state index in [9.17, 15) is 10.1 Å². The van der Waals surface area contributed by atoms with Crippen LogP contribution < -0.4 is 15.2 Å². The fraction of sp³-hybridized carbons (Fsp3) is 0.0400. The first-order valence-electron chi connectivity index (χ1n) is 9.93. The largest absolute Gasteiger partial charge is 0.440 e. The Balaban J connectivity index is 1.50. The topological polar surface area (TPSA) is 85.3 Å².